The molecule has 2 aromatic rings. The van der Waals surface area contributed by atoms with Gasteiger partial charge in [-0.1, -0.05) is 0 Å². The SMILES string of the molecule is CN1CCC(n2c(C3CCCN3C)nc3cccnc32)CC1. The van der Waals surface area contributed by atoms with Crippen molar-refractivity contribution in [2.75, 3.05) is 33.7 Å². The third-order valence-electron chi connectivity index (χ3n) is 5.35. The Labute approximate surface area is 131 Å². The molecule has 2 aliphatic rings. The third-order valence-corrected chi connectivity index (χ3v) is 5.35. The zero-order chi connectivity index (χ0) is 15.1. The number of hydrogen-bond donors (Lipinski definition) is 0. The Hall–Kier alpha value is -1.46. The number of fused-ring (bicyclic) bond motifs is 1. The summed E-state index contributed by atoms with van der Waals surface area (Å²) < 4.78 is 2.47. The lowest BCUT2D eigenvalue weighted by molar-refractivity contribution is 0.212. The number of rotatable bonds is 2. The molecule has 2 saturated heterocycles. The summed E-state index contributed by atoms with van der Waals surface area (Å²) in [6, 6.07) is 5.09. The molecule has 0 saturated carbocycles. The molecule has 5 heteroatoms. The Morgan fingerprint density at radius 1 is 1.09 bits per heavy atom. The maximum atomic E-state index is 4.98. The molecular formula is C17H25N5. The fourth-order valence-electron chi connectivity index (χ4n) is 4.03. The van der Waals surface area contributed by atoms with Gasteiger partial charge < -0.3 is 9.47 Å². The molecule has 2 aromatic heterocycles. The molecule has 4 rings (SSSR count). The average molecular weight is 299 g/mol. The molecule has 2 fully saturated rings. The highest BCUT2D eigenvalue weighted by atomic mass is 15.2. The van der Waals surface area contributed by atoms with Gasteiger partial charge in [0, 0.05) is 12.2 Å². The van der Waals surface area contributed by atoms with Crippen LogP contribution < -0.4 is 0 Å². The van der Waals surface area contributed by atoms with Crippen LogP contribution in [0, 0.1) is 0 Å². The fourth-order valence-corrected chi connectivity index (χ4v) is 4.03. The van der Waals surface area contributed by atoms with Gasteiger partial charge in [-0.15, -0.1) is 0 Å². The van der Waals surface area contributed by atoms with Crippen molar-refractivity contribution in [1.82, 2.24) is 24.3 Å². The first-order chi connectivity index (χ1) is 10.7. The molecule has 2 aliphatic heterocycles. The standard InChI is InChI=1S/C17H25N5/c1-20-11-7-13(8-12-20)22-16-14(5-3-9-18-16)19-17(22)15-6-4-10-21(15)2/h3,5,9,13,15H,4,6-8,10-12H2,1-2H3. The summed E-state index contributed by atoms with van der Waals surface area (Å²) in [6.45, 7) is 3.50. The molecule has 5 nitrogen and oxygen atoms in total. The fraction of sp³-hybridized carbons (Fsp3) is 0.647. The summed E-state index contributed by atoms with van der Waals surface area (Å²) in [7, 11) is 4.44. The summed E-state index contributed by atoms with van der Waals surface area (Å²) in [5.74, 6) is 1.24. The maximum Gasteiger partial charge on any atom is 0.160 e. The molecular weight excluding hydrogens is 274 g/mol. The smallest absolute Gasteiger partial charge is 0.160 e. The zero-order valence-corrected chi connectivity index (χ0v) is 13.6. The van der Waals surface area contributed by atoms with E-state index in [2.05, 4.69) is 39.5 Å². The molecule has 0 aromatic carbocycles. The summed E-state index contributed by atoms with van der Waals surface area (Å²) in [6.07, 6.45) is 6.78. The minimum atomic E-state index is 0.453. The van der Waals surface area contributed by atoms with Crippen LogP contribution in [0.15, 0.2) is 18.3 Å². The molecule has 0 bridgehead atoms. The second-order valence-electron chi connectivity index (χ2n) is 6.86. The molecule has 0 spiro atoms. The Kier molecular flexibility index (Phi) is 3.62. The van der Waals surface area contributed by atoms with Crippen molar-refractivity contribution in [3.8, 4) is 0 Å². The van der Waals surface area contributed by atoms with Crippen molar-refractivity contribution in [2.45, 2.75) is 37.8 Å². The average Bonchev–Trinajstić information content (AvgIpc) is 3.11. The van der Waals surface area contributed by atoms with Crippen LogP contribution in [0.2, 0.25) is 0 Å². The molecule has 22 heavy (non-hydrogen) atoms. The molecule has 0 aliphatic carbocycles. The van der Waals surface area contributed by atoms with Gasteiger partial charge in [0.1, 0.15) is 11.3 Å². The highest BCUT2D eigenvalue weighted by Gasteiger charge is 2.31. The number of pyridine rings is 1. The van der Waals surface area contributed by atoms with Gasteiger partial charge in [-0.05, 0) is 71.5 Å². The van der Waals surface area contributed by atoms with E-state index in [1.54, 1.807) is 0 Å². The summed E-state index contributed by atoms with van der Waals surface area (Å²) in [4.78, 5) is 14.5. The van der Waals surface area contributed by atoms with Crippen molar-refractivity contribution in [3.63, 3.8) is 0 Å². The van der Waals surface area contributed by atoms with Crippen molar-refractivity contribution in [2.24, 2.45) is 0 Å². The van der Waals surface area contributed by atoms with Gasteiger partial charge in [0.2, 0.25) is 0 Å². The third kappa shape index (κ3) is 2.32. The topological polar surface area (TPSA) is 37.2 Å². The van der Waals surface area contributed by atoms with E-state index in [9.17, 15) is 0 Å². The Bertz CT molecular complexity index is 656. The number of hydrogen-bond acceptors (Lipinski definition) is 4. The lowest BCUT2D eigenvalue weighted by atomic mass is 10.0. The van der Waals surface area contributed by atoms with E-state index < -0.39 is 0 Å². The first kappa shape index (κ1) is 14.2. The van der Waals surface area contributed by atoms with Crippen molar-refractivity contribution >= 4 is 11.2 Å². The minimum Gasteiger partial charge on any atom is -0.308 e. The van der Waals surface area contributed by atoms with E-state index in [4.69, 9.17) is 4.98 Å². The second-order valence-corrected chi connectivity index (χ2v) is 6.86. The molecule has 1 atom stereocenters. The monoisotopic (exact) mass is 299 g/mol. The lowest BCUT2D eigenvalue weighted by Gasteiger charge is -2.32. The maximum absolute atomic E-state index is 4.98. The Morgan fingerprint density at radius 2 is 1.91 bits per heavy atom. The van der Waals surface area contributed by atoms with Gasteiger partial charge >= 0.3 is 0 Å². The van der Waals surface area contributed by atoms with Crippen LogP contribution in [-0.4, -0.2) is 58.1 Å². The minimum absolute atomic E-state index is 0.453. The van der Waals surface area contributed by atoms with Crippen molar-refractivity contribution in [3.05, 3.63) is 24.2 Å². The van der Waals surface area contributed by atoms with Crippen LogP contribution in [0.3, 0.4) is 0 Å². The van der Waals surface area contributed by atoms with E-state index in [1.165, 1.54) is 38.1 Å². The van der Waals surface area contributed by atoms with Gasteiger partial charge in [-0.25, -0.2) is 9.97 Å². The number of nitrogens with zero attached hydrogens (tertiary/aromatic N) is 5. The summed E-state index contributed by atoms with van der Waals surface area (Å²) in [5.41, 5.74) is 2.13. The van der Waals surface area contributed by atoms with Gasteiger partial charge in [-0.2, -0.15) is 0 Å². The summed E-state index contributed by atoms with van der Waals surface area (Å²) in [5, 5.41) is 0. The van der Waals surface area contributed by atoms with Crippen LogP contribution in [0.1, 0.15) is 43.6 Å². The molecule has 1 unspecified atom stereocenters. The molecule has 0 radical (unpaired) electrons. The molecule has 118 valence electrons. The normalized spacial score (nSPS) is 25.3. The second kappa shape index (κ2) is 5.63. The van der Waals surface area contributed by atoms with Crippen LogP contribution in [0.25, 0.3) is 11.2 Å². The van der Waals surface area contributed by atoms with E-state index in [-0.39, 0.29) is 0 Å². The van der Waals surface area contributed by atoms with Gasteiger partial charge in [0.25, 0.3) is 0 Å². The van der Waals surface area contributed by atoms with Crippen LogP contribution in [-0.2, 0) is 0 Å². The van der Waals surface area contributed by atoms with E-state index in [0.29, 0.717) is 12.1 Å². The van der Waals surface area contributed by atoms with Gasteiger partial charge in [0.15, 0.2) is 5.65 Å². The predicted octanol–water partition coefficient (Wildman–Crippen LogP) is 2.46. The number of piperidine rings is 1. The number of imidazole rings is 1. The first-order valence-corrected chi connectivity index (χ1v) is 8.45. The highest BCUT2D eigenvalue weighted by molar-refractivity contribution is 5.71. The van der Waals surface area contributed by atoms with E-state index >= 15 is 0 Å². The molecule has 0 N–H and O–H groups in total. The van der Waals surface area contributed by atoms with E-state index in [1.807, 2.05) is 12.3 Å². The number of likely N-dealkylation sites (tertiary alicyclic amines) is 2. The van der Waals surface area contributed by atoms with Crippen LogP contribution in [0.5, 0.6) is 0 Å². The Morgan fingerprint density at radius 3 is 2.64 bits per heavy atom. The van der Waals surface area contributed by atoms with Gasteiger partial charge in [0.05, 0.1) is 6.04 Å². The molecule has 0 amide bonds. The molecule has 4 heterocycles. The largest absolute Gasteiger partial charge is 0.308 e. The number of aromatic nitrogens is 3. The first-order valence-electron chi connectivity index (χ1n) is 8.45. The van der Waals surface area contributed by atoms with Crippen LogP contribution in [0.4, 0.5) is 0 Å². The quantitative estimate of drug-likeness (QED) is 0.853. The highest BCUT2D eigenvalue weighted by Crippen LogP contribution is 2.35. The van der Waals surface area contributed by atoms with E-state index in [0.717, 1.165) is 24.3 Å². The van der Waals surface area contributed by atoms with Crippen molar-refractivity contribution < 1.29 is 0 Å². The van der Waals surface area contributed by atoms with Crippen LogP contribution >= 0.6 is 0 Å². The lowest BCUT2D eigenvalue weighted by Crippen LogP contribution is -2.33. The zero-order valence-electron chi connectivity index (χ0n) is 13.6. The Balaban J connectivity index is 1.79. The van der Waals surface area contributed by atoms with Crippen molar-refractivity contribution in [1.29, 1.82) is 0 Å². The van der Waals surface area contributed by atoms with Gasteiger partial charge in [-0.3, -0.25) is 4.90 Å². The predicted molar refractivity (Wildman–Crippen MR) is 87.9 cm³/mol. The summed E-state index contributed by atoms with van der Waals surface area (Å²) >= 11 is 0.